The molecule has 1 aliphatic rings. The fraction of sp³-hybridized carbons (Fsp3) is 0.600. The maximum absolute atomic E-state index is 2.77. The molecule has 0 fully saturated rings. The van der Waals surface area contributed by atoms with Gasteiger partial charge in [0.15, 0.2) is 0 Å². The van der Waals surface area contributed by atoms with Crippen molar-refractivity contribution in [2.45, 2.75) is 58.3 Å². The van der Waals surface area contributed by atoms with Gasteiger partial charge in [-0.2, -0.15) is 0 Å². The molecule has 0 spiro atoms. The normalized spacial score (nSPS) is 21.1. The Morgan fingerprint density at radius 3 is 1.94 bits per heavy atom. The van der Waals surface area contributed by atoms with Crippen molar-refractivity contribution in [2.24, 2.45) is 0 Å². The molecule has 0 aliphatic heterocycles. The van der Waals surface area contributed by atoms with Crippen LogP contribution in [-0.4, -0.2) is 27.3 Å². The second kappa shape index (κ2) is 4.42. The second-order valence-electron chi connectivity index (χ2n) is 6.52. The zero-order valence-corrected chi connectivity index (χ0v) is 15.0. The van der Waals surface area contributed by atoms with Gasteiger partial charge in [-0.05, 0) is 0 Å². The topological polar surface area (TPSA) is 0 Å². The van der Waals surface area contributed by atoms with Crippen LogP contribution in [-0.2, 0) is 10.8 Å². The molecule has 0 saturated heterocycles. The molecule has 2 rings (SSSR count). The maximum atomic E-state index is 2.77. The number of hydrogen-bond donors (Lipinski definition) is 0. The van der Waals surface area contributed by atoms with Crippen LogP contribution in [0.2, 0.25) is 0 Å². The van der Waals surface area contributed by atoms with Crippen molar-refractivity contribution in [1.82, 2.24) is 0 Å². The summed E-state index contributed by atoms with van der Waals surface area (Å²) in [5, 5.41) is 0. The van der Waals surface area contributed by atoms with Crippen LogP contribution in [0.1, 0.15) is 57.2 Å². The fourth-order valence-corrected chi connectivity index (χ4v) is 5.73. The average molecular weight is 360 g/mol. The molecule has 1 aromatic carbocycles. The number of rotatable bonds is 1. The van der Waals surface area contributed by atoms with Gasteiger partial charge < -0.3 is 0 Å². The van der Waals surface area contributed by atoms with Gasteiger partial charge in [0, 0.05) is 0 Å². The third-order valence-electron chi connectivity index (χ3n) is 4.25. The first-order chi connectivity index (χ1) is 7.78. The van der Waals surface area contributed by atoms with Crippen LogP contribution in [0.3, 0.4) is 0 Å². The van der Waals surface area contributed by atoms with Crippen molar-refractivity contribution in [3.8, 4) is 0 Å². The molecule has 1 aromatic rings. The summed E-state index contributed by atoms with van der Waals surface area (Å²) in [6, 6.07) is 4.95. The molecule has 0 radical (unpaired) electrons. The zero-order chi connectivity index (χ0) is 12.8. The van der Waals surface area contributed by atoms with Gasteiger partial charge in [-0.15, -0.1) is 0 Å². The molecule has 0 heterocycles. The van der Waals surface area contributed by atoms with E-state index in [1.165, 1.54) is 18.4 Å². The Morgan fingerprint density at radius 2 is 1.47 bits per heavy atom. The van der Waals surface area contributed by atoms with E-state index in [1.807, 2.05) is 0 Å². The van der Waals surface area contributed by atoms with Gasteiger partial charge in [-0.1, -0.05) is 0 Å². The Bertz CT molecular complexity index is 444. The molecule has 0 saturated carbocycles. The van der Waals surface area contributed by atoms with Gasteiger partial charge in [0.05, 0.1) is 0 Å². The molecule has 94 valence electrons. The predicted octanol–water partition coefficient (Wildman–Crippen LogP) is 2.49. The third-order valence-corrected chi connectivity index (χ3v) is 7.73. The van der Waals surface area contributed by atoms with E-state index in [9.17, 15) is 0 Å². The molecule has 2 heteroatoms. The molecular weight excluding hydrogens is 338 g/mol. The van der Waals surface area contributed by atoms with E-state index in [0.29, 0.717) is 24.0 Å². The summed E-state index contributed by atoms with van der Waals surface area (Å²) in [4.78, 5) is 0. The van der Waals surface area contributed by atoms with Crippen LogP contribution in [0, 0.1) is 6.92 Å². The van der Waals surface area contributed by atoms with E-state index in [0.717, 1.165) is 0 Å². The van der Waals surface area contributed by atoms with Crippen molar-refractivity contribution in [1.29, 1.82) is 0 Å². The van der Waals surface area contributed by atoms with Crippen molar-refractivity contribution in [2.75, 3.05) is 0 Å². The van der Waals surface area contributed by atoms with E-state index >= 15 is 0 Å². The molecule has 0 amide bonds. The van der Waals surface area contributed by atoms with E-state index in [-0.39, 0.29) is 0 Å². The minimum atomic E-state index is 0.351. The number of aryl methyl sites for hydroxylation is 1. The van der Waals surface area contributed by atoms with E-state index in [2.05, 4.69) is 60.9 Å². The summed E-state index contributed by atoms with van der Waals surface area (Å²) in [5.74, 6) is 0. The van der Waals surface area contributed by atoms with Crippen LogP contribution in [0.15, 0.2) is 12.1 Å². The standard InChI is InChI=1S/C15H22Se2/c1-10-8-11-12(9-13(10)17-16)15(4,5)7-6-14(11,2)3/h8-9,16H,6-7H2,1-5H3. The van der Waals surface area contributed by atoms with E-state index < -0.39 is 0 Å². The summed E-state index contributed by atoms with van der Waals surface area (Å²) < 4.78 is 1.56. The molecule has 1 aliphatic carbocycles. The van der Waals surface area contributed by atoms with Crippen molar-refractivity contribution in [3.05, 3.63) is 28.8 Å². The van der Waals surface area contributed by atoms with E-state index in [4.69, 9.17) is 0 Å². The minimum absolute atomic E-state index is 0.351. The van der Waals surface area contributed by atoms with Crippen LogP contribution in [0.4, 0.5) is 0 Å². The molecule has 0 N–H and O–H groups in total. The summed E-state index contributed by atoms with van der Waals surface area (Å²) >= 11 is 3.32. The third kappa shape index (κ3) is 2.38. The Hall–Kier alpha value is 0.259. The first kappa shape index (κ1) is 13.7. The van der Waals surface area contributed by atoms with Gasteiger partial charge in [-0.25, -0.2) is 0 Å². The van der Waals surface area contributed by atoms with Crippen LogP contribution < -0.4 is 4.46 Å². The van der Waals surface area contributed by atoms with Gasteiger partial charge in [0.25, 0.3) is 0 Å². The van der Waals surface area contributed by atoms with Crippen LogP contribution in [0.5, 0.6) is 0 Å². The average Bonchev–Trinajstić information content (AvgIpc) is 2.24. The Balaban J connectivity index is 2.68. The predicted molar refractivity (Wildman–Crippen MR) is 79.0 cm³/mol. The summed E-state index contributed by atoms with van der Waals surface area (Å²) in [5.41, 5.74) is 5.37. The second-order valence-corrected chi connectivity index (χ2v) is 9.82. The molecule has 0 bridgehead atoms. The number of fused-ring (bicyclic) bond motifs is 1. The Labute approximate surface area is 118 Å². The van der Waals surface area contributed by atoms with E-state index in [1.54, 1.807) is 15.6 Å². The first-order valence-corrected chi connectivity index (χ1v) is 11.9. The monoisotopic (exact) mass is 362 g/mol. The van der Waals surface area contributed by atoms with Crippen LogP contribution in [0.25, 0.3) is 0 Å². The number of benzene rings is 1. The van der Waals surface area contributed by atoms with Crippen molar-refractivity contribution < 1.29 is 0 Å². The van der Waals surface area contributed by atoms with Gasteiger partial charge >= 0.3 is 119 Å². The summed E-state index contributed by atoms with van der Waals surface area (Å²) in [7, 11) is 0. The zero-order valence-electron chi connectivity index (χ0n) is 11.4. The molecular formula is C15H22Se2. The summed E-state index contributed by atoms with van der Waals surface area (Å²) in [6.07, 6.45) is 2.61. The van der Waals surface area contributed by atoms with Gasteiger partial charge in [-0.3, -0.25) is 0 Å². The van der Waals surface area contributed by atoms with Crippen molar-refractivity contribution >= 4 is 31.8 Å². The molecule has 0 aromatic heterocycles. The molecule has 17 heavy (non-hydrogen) atoms. The Kier molecular flexibility index (Phi) is 3.56. The van der Waals surface area contributed by atoms with Gasteiger partial charge in [0.1, 0.15) is 0 Å². The van der Waals surface area contributed by atoms with Crippen molar-refractivity contribution in [3.63, 3.8) is 0 Å². The molecule has 0 nitrogen and oxygen atoms in total. The first-order valence-electron chi connectivity index (χ1n) is 6.25. The van der Waals surface area contributed by atoms with Gasteiger partial charge in [0.2, 0.25) is 0 Å². The molecule has 0 unspecified atom stereocenters. The SMILES string of the molecule is Cc1cc2c(cc1[Se][SeH])C(C)(C)CCC2(C)C. The number of hydrogen-bond acceptors (Lipinski definition) is 0. The van der Waals surface area contributed by atoms with Crippen LogP contribution >= 0.6 is 0 Å². The summed E-state index contributed by atoms with van der Waals surface area (Å²) in [6.45, 7) is 11.9. The Morgan fingerprint density at radius 1 is 1.00 bits per heavy atom. The quantitative estimate of drug-likeness (QED) is 0.675. The molecule has 0 atom stereocenters. The fourth-order valence-electron chi connectivity index (χ4n) is 2.80.